The van der Waals surface area contributed by atoms with E-state index in [4.69, 9.17) is 4.74 Å². The van der Waals surface area contributed by atoms with Gasteiger partial charge in [0.2, 0.25) is 5.91 Å². The molecule has 1 amide bonds. The Hall–Kier alpha value is -1.39. The highest BCUT2D eigenvalue weighted by Crippen LogP contribution is 2.19. The van der Waals surface area contributed by atoms with Crippen molar-refractivity contribution < 1.29 is 9.53 Å². The molecule has 2 atom stereocenters. The zero-order valence-electron chi connectivity index (χ0n) is 12.0. The van der Waals surface area contributed by atoms with Gasteiger partial charge in [0, 0.05) is 26.7 Å². The van der Waals surface area contributed by atoms with E-state index in [0.717, 1.165) is 38.9 Å². The van der Waals surface area contributed by atoms with E-state index in [1.54, 1.807) is 7.11 Å². The number of ether oxygens (including phenoxy) is 1. The molecule has 1 aromatic rings. The number of piperidine rings is 1. The Balaban J connectivity index is 1.67. The summed E-state index contributed by atoms with van der Waals surface area (Å²) in [5, 5.41) is 3.37. The van der Waals surface area contributed by atoms with Crippen LogP contribution in [0.25, 0.3) is 0 Å². The van der Waals surface area contributed by atoms with Gasteiger partial charge in [0.25, 0.3) is 0 Å². The minimum atomic E-state index is -0.0829. The van der Waals surface area contributed by atoms with Crippen LogP contribution in [-0.2, 0) is 22.5 Å². The molecule has 0 spiro atoms. The van der Waals surface area contributed by atoms with Crippen molar-refractivity contribution in [1.82, 2.24) is 10.2 Å². The first-order valence-corrected chi connectivity index (χ1v) is 7.39. The predicted octanol–water partition coefficient (Wildman–Crippen LogP) is 1.34. The van der Waals surface area contributed by atoms with Gasteiger partial charge in [0.15, 0.2) is 0 Å². The largest absolute Gasteiger partial charge is 0.380 e. The number of amides is 1. The van der Waals surface area contributed by atoms with Crippen LogP contribution in [0.5, 0.6) is 0 Å². The number of rotatable bonds is 2. The van der Waals surface area contributed by atoms with E-state index >= 15 is 0 Å². The summed E-state index contributed by atoms with van der Waals surface area (Å²) in [5.41, 5.74) is 2.61. The summed E-state index contributed by atoms with van der Waals surface area (Å²) in [6, 6.07) is 8.28. The molecule has 0 aromatic heterocycles. The highest BCUT2D eigenvalue weighted by Gasteiger charge is 2.30. The van der Waals surface area contributed by atoms with Gasteiger partial charge in [-0.2, -0.15) is 0 Å². The van der Waals surface area contributed by atoms with E-state index in [1.807, 2.05) is 11.0 Å². The summed E-state index contributed by atoms with van der Waals surface area (Å²) in [6.45, 7) is 2.38. The molecule has 1 saturated heterocycles. The number of nitrogens with one attached hydrogen (secondary N) is 1. The molecule has 0 aliphatic carbocycles. The summed E-state index contributed by atoms with van der Waals surface area (Å²) >= 11 is 0. The maximum absolute atomic E-state index is 12.6. The quantitative estimate of drug-likeness (QED) is 0.885. The average molecular weight is 274 g/mol. The number of hydrogen-bond donors (Lipinski definition) is 1. The molecule has 2 heterocycles. The van der Waals surface area contributed by atoms with Crippen molar-refractivity contribution in [3.63, 3.8) is 0 Å². The molecule has 1 N–H and O–H groups in total. The molecule has 0 radical (unpaired) electrons. The van der Waals surface area contributed by atoms with Gasteiger partial charge in [-0.05, 0) is 30.4 Å². The van der Waals surface area contributed by atoms with Crippen molar-refractivity contribution >= 4 is 5.91 Å². The number of hydrogen-bond acceptors (Lipinski definition) is 3. The lowest BCUT2D eigenvalue weighted by atomic mass is 9.94. The fraction of sp³-hybridized carbons (Fsp3) is 0.562. The van der Waals surface area contributed by atoms with Crippen LogP contribution in [-0.4, -0.2) is 43.2 Å². The van der Waals surface area contributed by atoms with Crippen LogP contribution < -0.4 is 5.32 Å². The van der Waals surface area contributed by atoms with Crippen LogP contribution in [0, 0.1) is 0 Å². The van der Waals surface area contributed by atoms with Gasteiger partial charge >= 0.3 is 0 Å². The molecule has 1 aromatic carbocycles. The van der Waals surface area contributed by atoms with E-state index < -0.39 is 0 Å². The highest BCUT2D eigenvalue weighted by molar-refractivity contribution is 5.82. The van der Waals surface area contributed by atoms with Crippen molar-refractivity contribution in [2.45, 2.75) is 38.0 Å². The molecule has 20 heavy (non-hydrogen) atoms. The number of benzene rings is 1. The van der Waals surface area contributed by atoms with Crippen molar-refractivity contribution in [2.75, 3.05) is 20.2 Å². The van der Waals surface area contributed by atoms with E-state index in [2.05, 4.69) is 23.5 Å². The summed E-state index contributed by atoms with van der Waals surface area (Å²) in [4.78, 5) is 14.6. The standard InChI is InChI=1S/C16H22N2O2/c1-20-14-7-4-8-18(11-14)16(19)15-9-12-5-2-3-6-13(12)10-17-15/h2-3,5-6,14-15,17H,4,7-11H2,1H3/t14-,15-/m1/s1. The van der Waals surface area contributed by atoms with Gasteiger partial charge in [-0.3, -0.25) is 4.79 Å². The second-order valence-corrected chi connectivity index (χ2v) is 5.69. The molecule has 2 aliphatic rings. The van der Waals surface area contributed by atoms with Gasteiger partial charge < -0.3 is 15.0 Å². The second kappa shape index (κ2) is 5.94. The highest BCUT2D eigenvalue weighted by atomic mass is 16.5. The lowest BCUT2D eigenvalue weighted by Crippen LogP contribution is -2.53. The molecule has 108 valence electrons. The Labute approximate surface area is 120 Å². The minimum absolute atomic E-state index is 0.0829. The minimum Gasteiger partial charge on any atom is -0.380 e. The van der Waals surface area contributed by atoms with Crippen molar-refractivity contribution in [2.24, 2.45) is 0 Å². The fourth-order valence-electron chi connectivity index (χ4n) is 3.18. The van der Waals surface area contributed by atoms with E-state index in [0.29, 0.717) is 0 Å². The summed E-state index contributed by atoms with van der Waals surface area (Å²) in [7, 11) is 1.73. The third-order valence-corrected chi connectivity index (χ3v) is 4.40. The Morgan fingerprint density at radius 1 is 1.35 bits per heavy atom. The third kappa shape index (κ3) is 2.72. The normalized spacial score (nSPS) is 26.1. The fourth-order valence-corrected chi connectivity index (χ4v) is 3.18. The van der Waals surface area contributed by atoms with Gasteiger partial charge in [-0.15, -0.1) is 0 Å². The third-order valence-electron chi connectivity index (χ3n) is 4.40. The first kappa shape index (κ1) is 13.6. The van der Waals surface area contributed by atoms with Gasteiger partial charge in [0.05, 0.1) is 12.1 Å². The first-order chi connectivity index (χ1) is 9.78. The topological polar surface area (TPSA) is 41.6 Å². The SMILES string of the molecule is CO[C@@H]1CCCN(C(=O)[C@H]2Cc3ccccc3CN2)C1. The average Bonchev–Trinajstić information content (AvgIpc) is 2.53. The number of likely N-dealkylation sites (tertiary alicyclic amines) is 1. The number of nitrogens with zero attached hydrogens (tertiary/aromatic N) is 1. The van der Waals surface area contributed by atoms with Gasteiger partial charge in [0.1, 0.15) is 0 Å². The summed E-state index contributed by atoms with van der Waals surface area (Å²) in [5.74, 6) is 0.223. The van der Waals surface area contributed by atoms with Crippen LogP contribution in [0.2, 0.25) is 0 Å². The Bertz CT molecular complexity index is 489. The van der Waals surface area contributed by atoms with Crippen LogP contribution in [0.1, 0.15) is 24.0 Å². The molecular weight excluding hydrogens is 252 g/mol. The van der Waals surface area contributed by atoms with Crippen LogP contribution >= 0.6 is 0 Å². The Morgan fingerprint density at radius 3 is 2.95 bits per heavy atom. The van der Waals surface area contributed by atoms with Crippen LogP contribution in [0.4, 0.5) is 0 Å². The Morgan fingerprint density at radius 2 is 2.15 bits per heavy atom. The smallest absolute Gasteiger partial charge is 0.240 e. The van der Waals surface area contributed by atoms with Gasteiger partial charge in [-0.25, -0.2) is 0 Å². The molecule has 0 bridgehead atoms. The zero-order valence-corrected chi connectivity index (χ0v) is 12.0. The molecule has 0 unspecified atom stereocenters. The van der Waals surface area contributed by atoms with E-state index in [9.17, 15) is 4.79 Å². The van der Waals surface area contributed by atoms with Crippen LogP contribution in [0.15, 0.2) is 24.3 Å². The molecule has 3 rings (SSSR count). The molecule has 1 fully saturated rings. The monoisotopic (exact) mass is 274 g/mol. The maximum Gasteiger partial charge on any atom is 0.240 e. The lowest BCUT2D eigenvalue weighted by molar-refractivity contribution is -0.137. The molecule has 4 nitrogen and oxygen atoms in total. The van der Waals surface area contributed by atoms with Crippen molar-refractivity contribution in [3.05, 3.63) is 35.4 Å². The molecule has 0 saturated carbocycles. The van der Waals surface area contributed by atoms with E-state index in [1.165, 1.54) is 11.1 Å². The maximum atomic E-state index is 12.6. The number of fused-ring (bicyclic) bond motifs is 1. The van der Waals surface area contributed by atoms with E-state index in [-0.39, 0.29) is 18.1 Å². The molecular formula is C16H22N2O2. The van der Waals surface area contributed by atoms with Crippen LogP contribution in [0.3, 0.4) is 0 Å². The number of methoxy groups -OCH3 is 1. The van der Waals surface area contributed by atoms with Gasteiger partial charge in [-0.1, -0.05) is 24.3 Å². The lowest BCUT2D eigenvalue weighted by Gasteiger charge is -2.36. The summed E-state index contributed by atoms with van der Waals surface area (Å²) in [6.07, 6.45) is 3.08. The number of carbonyl (C=O) groups excluding carboxylic acids is 1. The molecule has 4 heteroatoms. The number of carbonyl (C=O) groups is 1. The predicted molar refractivity (Wildman–Crippen MR) is 77.4 cm³/mol. The molecule has 2 aliphatic heterocycles. The first-order valence-electron chi connectivity index (χ1n) is 7.39. The van der Waals surface area contributed by atoms with Crippen molar-refractivity contribution in [1.29, 1.82) is 0 Å². The second-order valence-electron chi connectivity index (χ2n) is 5.69. The summed E-state index contributed by atoms with van der Waals surface area (Å²) < 4.78 is 5.40. The van der Waals surface area contributed by atoms with Crippen molar-refractivity contribution in [3.8, 4) is 0 Å². The Kier molecular flexibility index (Phi) is 4.03. The zero-order chi connectivity index (χ0) is 13.9.